The second kappa shape index (κ2) is 10.6. The van der Waals surface area contributed by atoms with Gasteiger partial charge in [-0.25, -0.2) is 0 Å². The van der Waals surface area contributed by atoms with E-state index in [4.69, 9.17) is 0 Å². The molecule has 2 aromatic carbocycles. The summed E-state index contributed by atoms with van der Waals surface area (Å²) in [5.41, 5.74) is 8.31. The second-order valence-electron chi connectivity index (χ2n) is 12.1. The lowest BCUT2D eigenvalue weighted by Crippen LogP contribution is -2.43. The SMILES string of the molecule is CC1(N2C=C([C@@H](Nc3cc(C#N)c4ncc(C#N)c(NCC(C)(C)C(F)(F)F)c4c3)c3cccc4ncccc34)NN2)CC1. The number of fused-ring (bicyclic) bond motifs is 2. The Bertz CT molecular complexity index is 1880. The normalized spacial score (nSPS) is 16.5. The zero-order valence-corrected chi connectivity index (χ0v) is 24.3. The molecule has 0 bridgehead atoms. The Labute approximate surface area is 252 Å². The third-order valence-electron chi connectivity index (χ3n) is 8.44. The van der Waals surface area contributed by atoms with Crippen molar-refractivity contribution in [3.8, 4) is 12.1 Å². The zero-order chi connectivity index (χ0) is 31.3. The van der Waals surface area contributed by atoms with Crippen LogP contribution in [0.3, 0.4) is 0 Å². The standard InChI is InChI=1S/C32H30F3N9/c1-30(2,32(33,34)35)18-40-28-20(15-37)16-39-27-19(14-36)12-21(13-24(27)28)41-29(26-17-44(43-42-26)31(3)9-10-31)23-6-4-8-25-22(23)7-5-11-38-25/h4-8,11-13,16-17,29,41-43H,9-10,18H2,1-3H3,(H,39,40)/t29-/m0/s1. The van der Waals surface area contributed by atoms with E-state index in [2.05, 4.69) is 49.6 Å². The van der Waals surface area contributed by atoms with E-state index in [0.717, 1.165) is 48.9 Å². The lowest BCUT2D eigenvalue weighted by atomic mass is 9.92. The highest BCUT2D eigenvalue weighted by molar-refractivity contribution is 5.99. The summed E-state index contributed by atoms with van der Waals surface area (Å²) in [7, 11) is 0. The smallest absolute Gasteiger partial charge is 0.382 e. The Morgan fingerprint density at radius 2 is 1.82 bits per heavy atom. The van der Waals surface area contributed by atoms with Crippen LogP contribution in [0.1, 0.15) is 56.3 Å². The fourth-order valence-corrected chi connectivity index (χ4v) is 5.21. The van der Waals surface area contributed by atoms with E-state index in [1.54, 1.807) is 18.3 Å². The fraction of sp³-hybridized carbons (Fsp3) is 0.312. The molecule has 4 N–H and O–H groups in total. The molecule has 1 aliphatic carbocycles. The number of halogens is 3. The van der Waals surface area contributed by atoms with Gasteiger partial charge in [0.2, 0.25) is 0 Å². The minimum Gasteiger partial charge on any atom is -0.382 e. The highest BCUT2D eigenvalue weighted by Crippen LogP contribution is 2.43. The van der Waals surface area contributed by atoms with Crippen LogP contribution in [0.4, 0.5) is 24.5 Å². The molecule has 224 valence electrons. The summed E-state index contributed by atoms with van der Waals surface area (Å²) in [4.78, 5) is 8.85. The molecule has 44 heavy (non-hydrogen) atoms. The number of hydrazine groups is 2. The van der Waals surface area contributed by atoms with Crippen LogP contribution in [0.2, 0.25) is 0 Å². The molecule has 12 heteroatoms. The molecule has 1 saturated carbocycles. The van der Waals surface area contributed by atoms with Gasteiger partial charge in [-0.2, -0.15) is 23.7 Å². The van der Waals surface area contributed by atoms with Gasteiger partial charge in [-0.3, -0.25) is 15.0 Å². The van der Waals surface area contributed by atoms with Gasteiger partial charge in [0, 0.05) is 41.6 Å². The summed E-state index contributed by atoms with van der Waals surface area (Å²) in [6, 6.07) is 16.8. The number of nitrogens with zero attached hydrogens (tertiary/aromatic N) is 5. The molecule has 2 aromatic heterocycles. The average molecular weight is 598 g/mol. The van der Waals surface area contributed by atoms with Gasteiger partial charge >= 0.3 is 6.18 Å². The van der Waals surface area contributed by atoms with Gasteiger partial charge in [0.25, 0.3) is 0 Å². The molecule has 9 nitrogen and oxygen atoms in total. The fourth-order valence-electron chi connectivity index (χ4n) is 5.21. The van der Waals surface area contributed by atoms with E-state index in [0.29, 0.717) is 11.1 Å². The predicted molar refractivity (Wildman–Crippen MR) is 161 cm³/mol. The van der Waals surface area contributed by atoms with E-state index in [9.17, 15) is 23.7 Å². The molecule has 4 aromatic rings. The van der Waals surface area contributed by atoms with Crippen LogP contribution in [-0.2, 0) is 0 Å². The number of benzene rings is 2. The molecule has 0 saturated heterocycles. The molecule has 3 heterocycles. The van der Waals surface area contributed by atoms with Crippen molar-refractivity contribution >= 4 is 33.2 Å². The van der Waals surface area contributed by atoms with Crippen LogP contribution in [0.5, 0.6) is 0 Å². The number of aromatic nitrogens is 2. The number of nitriles is 2. The van der Waals surface area contributed by atoms with Crippen molar-refractivity contribution in [1.82, 2.24) is 25.9 Å². The summed E-state index contributed by atoms with van der Waals surface area (Å²) in [6.07, 6.45) is 2.66. The van der Waals surface area contributed by atoms with Crippen molar-refractivity contribution in [3.05, 3.63) is 83.4 Å². The first kappa shape index (κ1) is 29.0. The van der Waals surface area contributed by atoms with Crippen LogP contribution in [-0.4, -0.2) is 33.2 Å². The van der Waals surface area contributed by atoms with Gasteiger partial charge in [-0.05, 0) is 63.4 Å². The number of hydrogen-bond acceptors (Lipinski definition) is 9. The van der Waals surface area contributed by atoms with Crippen molar-refractivity contribution in [3.63, 3.8) is 0 Å². The minimum atomic E-state index is -4.47. The van der Waals surface area contributed by atoms with Crippen molar-refractivity contribution in [2.45, 2.75) is 51.4 Å². The Kier molecular flexibility index (Phi) is 6.98. The molecule has 1 aliphatic heterocycles. The van der Waals surface area contributed by atoms with Gasteiger partial charge in [0.05, 0.1) is 50.5 Å². The van der Waals surface area contributed by atoms with Crippen molar-refractivity contribution in [1.29, 1.82) is 10.5 Å². The van der Waals surface area contributed by atoms with Crippen LogP contribution in [0.15, 0.2) is 66.8 Å². The summed E-state index contributed by atoms with van der Waals surface area (Å²) < 4.78 is 41.1. The highest BCUT2D eigenvalue weighted by Gasteiger charge is 2.47. The maximum Gasteiger partial charge on any atom is 0.395 e. The maximum absolute atomic E-state index is 13.7. The van der Waals surface area contributed by atoms with Gasteiger partial charge in [0.15, 0.2) is 0 Å². The minimum absolute atomic E-state index is 0.000661. The number of nitrogens with one attached hydrogen (secondary N) is 4. The van der Waals surface area contributed by atoms with Gasteiger partial charge < -0.3 is 16.1 Å². The molecule has 1 fully saturated rings. The topological polar surface area (TPSA) is 125 Å². The van der Waals surface area contributed by atoms with Gasteiger partial charge in [-0.1, -0.05) is 18.2 Å². The van der Waals surface area contributed by atoms with Crippen LogP contribution in [0.25, 0.3) is 21.8 Å². The Balaban J connectivity index is 1.47. The van der Waals surface area contributed by atoms with Crippen LogP contribution >= 0.6 is 0 Å². The summed E-state index contributed by atoms with van der Waals surface area (Å²) in [5, 5.41) is 29.7. The molecule has 0 radical (unpaired) electrons. The molecule has 0 spiro atoms. The van der Waals surface area contributed by atoms with E-state index >= 15 is 0 Å². The molecular formula is C32H30F3N9. The summed E-state index contributed by atoms with van der Waals surface area (Å²) in [6.45, 7) is 3.87. The number of alkyl halides is 3. The molecule has 1 atom stereocenters. The lowest BCUT2D eigenvalue weighted by Gasteiger charge is -2.29. The lowest BCUT2D eigenvalue weighted by molar-refractivity contribution is -0.206. The number of pyridine rings is 2. The number of hydrogen-bond donors (Lipinski definition) is 4. The van der Waals surface area contributed by atoms with E-state index < -0.39 is 24.2 Å². The molecule has 0 amide bonds. The zero-order valence-electron chi connectivity index (χ0n) is 24.3. The maximum atomic E-state index is 13.7. The molecular weight excluding hydrogens is 567 g/mol. The highest BCUT2D eigenvalue weighted by atomic mass is 19.4. The van der Waals surface area contributed by atoms with Crippen molar-refractivity contribution < 1.29 is 13.2 Å². The Morgan fingerprint density at radius 1 is 1.05 bits per heavy atom. The average Bonchev–Trinajstić information content (AvgIpc) is 3.55. The monoisotopic (exact) mass is 597 g/mol. The predicted octanol–water partition coefficient (Wildman–Crippen LogP) is 6.40. The number of rotatable bonds is 8. The van der Waals surface area contributed by atoms with Crippen LogP contribution in [0, 0.1) is 28.1 Å². The molecule has 0 unspecified atom stereocenters. The first-order valence-corrected chi connectivity index (χ1v) is 14.1. The first-order valence-electron chi connectivity index (χ1n) is 14.1. The third kappa shape index (κ3) is 5.18. The second-order valence-corrected chi connectivity index (χ2v) is 12.1. The Morgan fingerprint density at radius 3 is 2.52 bits per heavy atom. The first-order chi connectivity index (χ1) is 20.9. The van der Waals surface area contributed by atoms with Crippen LogP contribution < -0.4 is 21.6 Å². The molecule has 6 rings (SSSR count). The van der Waals surface area contributed by atoms with Crippen molar-refractivity contribution in [2.24, 2.45) is 5.41 Å². The quantitative estimate of drug-likeness (QED) is 0.183. The molecule has 2 aliphatic rings. The summed E-state index contributed by atoms with van der Waals surface area (Å²) >= 11 is 0. The number of anilines is 2. The largest absolute Gasteiger partial charge is 0.395 e. The van der Waals surface area contributed by atoms with Gasteiger partial charge in [-0.15, -0.1) is 5.53 Å². The summed E-state index contributed by atoms with van der Waals surface area (Å²) in [5.74, 6) is 0. The third-order valence-corrected chi connectivity index (χ3v) is 8.44. The van der Waals surface area contributed by atoms with Crippen molar-refractivity contribution in [2.75, 3.05) is 17.2 Å². The van der Waals surface area contributed by atoms with E-state index in [-0.39, 0.29) is 27.9 Å². The van der Waals surface area contributed by atoms with Gasteiger partial charge in [0.1, 0.15) is 12.1 Å². The Hall–Kier alpha value is -5.07. The van der Waals surface area contributed by atoms with E-state index in [1.165, 1.54) is 6.20 Å². The van der Waals surface area contributed by atoms with E-state index in [1.807, 2.05) is 42.6 Å².